The Kier molecular flexibility index (Phi) is 5.71. The lowest BCUT2D eigenvalue weighted by Crippen LogP contribution is -2.24. The molecular weight excluding hydrogens is 310 g/mol. The highest BCUT2D eigenvalue weighted by molar-refractivity contribution is 9.10. The third kappa shape index (κ3) is 4.52. The molecule has 0 bridgehead atoms. The SMILES string of the molecule is CCNC(=O)CCNc1c(Cl)cc(F)cc1Br. The van der Waals surface area contributed by atoms with Gasteiger partial charge in [0.15, 0.2) is 0 Å². The van der Waals surface area contributed by atoms with Gasteiger partial charge in [-0.15, -0.1) is 0 Å². The fourth-order valence-electron chi connectivity index (χ4n) is 1.30. The Bertz CT molecular complexity index is 391. The summed E-state index contributed by atoms with van der Waals surface area (Å²) in [4.78, 5) is 11.2. The Morgan fingerprint density at radius 2 is 2.24 bits per heavy atom. The molecule has 1 aromatic rings. The maximum Gasteiger partial charge on any atom is 0.221 e. The number of hydrogen-bond donors (Lipinski definition) is 2. The normalized spacial score (nSPS) is 10.1. The van der Waals surface area contributed by atoms with Crippen LogP contribution in [-0.2, 0) is 4.79 Å². The van der Waals surface area contributed by atoms with Crippen LogP contribution in [0.2, 0.25) is 5.02 Å². The largest absolute Gasteiger partial charge is 0.382 e. The molecule has 0 aliphatic rings. The van der Waals surface area contributed by atoms with E-state index in [-0.39, 0.29) is 10.9 Å². The molecule has 0 saturated carbocycles. The summed E-state index contributed by atoms with van der Waals surface area (Å²) in [5.41, 5.74) is 0.595. The molecule has 0 aromatic heterocycles. The summed E-state index contributed by atoms with van der Waals surface area (Å²) in [6, 6.07) is 2.54. The zero-order valence-electron chi connectivity index (χ0n) is 9.32. The van der Waals surface area contributed by atoms with Gasteiger partial charge >= 0.3 is 0 Å². The van der Waals surface area contributed by atoms with Crippen LogP contribution < -0.4 is 10.6 Å². The first-order valence-corrected chi connectivity index (χ1v) is 6.36. The van der Waals surface area contributed by atoms with E-state index in [0.29, 0.717) is 29.7 Å². The minimum Gasteiger partial charge on any atom is -0.382 e. The summed E-state index contributed by atoms with van der Waals surface area (Å²) in [5.74, 6) is -0.439. The summed E-state index contributed by atoms with van der Waals surface area (Å²) in [5, 5.41) is 5.96. The fourth-order valence-corrected chi connectivity index (χ4v) is 2.26. The molecule has 0 spiro atoms. The van der Waals surface area contributed by atoms with Crippen molar-refractivity contribution >= 4 is 39.1 Å². The number of amides is 1. The number of carbonyl (C=O) groups is 1. The molecule has 0 aliphatic heterocycles. The third-order valence-electron chi connectivity index (χ3n) is 2.03. The van der Waals surface area contributed by atoms with E-state index < -0.39 is 5.82 Å². The Morgan fingerprint density at radius 1 is 1.53 bits per heavy atom. The van der Waals surface area contributed by atoms with Crippen LogP contribution in [0.15, 0.2) is 16.6 Å². The van der Waals surface area contributed by atoms with Crippen molar-refractivity contribution in [3.05, 3.63) is 27.4 Å². The van der Waals surface area contributed by atoms with E-state index in [0.717, 1.165) is 0 Å². The smallest absolute Gasteiger partial charge is 0.221 e. The number of rotatable bonds is 5. The van der Waals surface area contributed by atoms with E-state index in [4.69, 9.17) is 11.6 Å². The molecule has 0 atom stereocenters. The molecule has 94 valence electrons. The first-order valence-electron chi connectivity index (χ1n) is 5.19. The van der Waals surface area contributed by atoms with Gasteiger partial charge in [0.25, 0.3) is 0 Å². The van der Waals surface area contributed by atoms with Gasteiger partial charge < -0.3 is 10.6 Å². The molecule has 17 heavy (non-hydrogen) atoms. The second-order valence-electron chi connectivity index (χ2n) is 3.37. The molecule has 0 unspecified atom stereocenters. The molecule has 3 nitrogen and oxygen atoms in total. The predicted molar refractivity (Wildman–Crippen MR) is 70.9 cm³/mol. The number of halogens is 3. The van der Waals surface area contributed by atoms with Gasteiger partial charge in [-0.05, 0) is 35.0 Å². The molecule has 2 N–H and O–H groups in total. The Morgan fingerprint density at radius 3 is 2.82 bits per heavy atom. The van der Waals surface area contributed by atoms with E-state index in [1.54, 1.807) is 0 Å². The van der Waals surface area contributed by atoms with Crippen molar-refractivity contribution in [1.29, 1.82) is 0 Å². The number of nitrogens with one attached hydrogen (secondary N) is 2. The van der Waals surface area contributed by atoms with Crippen LogP contribution in [0, 0.1) is 5.82 Å². The van der Waals surface area contributed by atoms with Crippen molar-refractivity contribution in [2.24, 2.45) is 0 Å². The summed E-state index contributed by atoms with van der Waals surface area (Å²) < 4.78 is 13.5. The minimum atomic E-state index is -0.406. The fraction of sp³-hybridized carbons (Fsp3) is 0.364. The van der Waals surface area contributed by atoms with Crippen LogP contribution in [0.4, 0.5) is 10.1 Å². The standard InChI is InChI=1S/C11H13BrClFN2O/c1-2-15-10(17)3-4-16-11-8(12)5-7(14)6-9(11)13/h5-6,16H,2-4H2,1H3,(H,15,17). The average molecular weight is 324 g/mol. The Labute approximate surface area is 113 Å². The average Bonchev–Trinajstić information content (AvgIpc) is 2.22. The van der Waals surface area contributed by atoms with Crippen molar-refractivity contribution in [2.75, 3.05) is 18.4 Å². The second kappa shape index (κ2) is 6.81. The summed E-state index contributed by atoms with van der Waals surface area (Å²) in [7, 11) is 0. The molecule has 0 saturated heterocycles. The summed E-state index contributed by atoms with van der Waals surface area (Å²) >= 11 is 9.09. The summed E-state index contributed by atoms with van der Waals surface area (Å²) in [6.45, 7) is 2.91. The van der Waals surface area contributed by atoms with Gasteiger partial charge in [-0.25, -0.2) is 4.39 Å². The van der Waals surface area contributed by atoms with Crippen molar-refractivity contribution in [3.63, 3.8) is 0 Å². The lowest BCUT2D eigenvalue weighted by molar-refractivity contribution is -0.120. The van der Waals surface area contributed by atoms with Crippen LogP contribution in [0.1, 0.15) is 13.3 Å². The van der Waals surface area contributed by atoms with Crippen LogP contribution >= 0.6 is 27.5 Å². The van der Waals surface area contributed by atoms with E-state index in [9.17, 15) is 9.18 Å². The van der Waals surface area contributed by atoms with Crippen LogP contribution in [0.3, 0.4) is 0 Å². The number of benzene rings is 1. The van der Waals surface area contributed by atoms with Crippen LogP contribution in [0.5, 0.6) is 0 Å². The van der Waals surface area contributed by atoms with Gasteiger partial charge in [0.2, 0.25) is 5.91 Å². The van der Waals surface area contributed by atoms with E-state index in [1.807, 2.05) is 6.92 Å². The molecule has 1 rings (SSSR count). The first-order chi connectivity index (χ1) is 8.04. The lowest BCUT2D eigenvalue weighted by atomic mass is 10.3. The number of hydrogen-bond acceptors (Lipinski definition) is 2. The van der Waals surface area contributed by atoms with E-state index >= 15 is 0 Å². The Hall–Kier alpha value is -0.810. The topological polar surface area (TPSA) is 41.1 Å². The molecule has 0 heterocycles. The maximum absolute atomic E-state index is 13.0. The van der Waals surface area contributed by atoms with Crippen LogP contribution in [-0.4, -0.2) is 19.0 Å². The van der Waals surface area contributed by atoms with Gasteiger partial charge in [0, 0.05) is 24.0 Å². The third-order valence-corrected chi connectivity index (χ3v) is 2.96. The monoisotopic (exact) mass is 322 g/mol. The highest BCUT2D eigenvalue weighted by atomic mass is 79.9. The van der Waals surface area contributed by atoms with E-state index in [2.05, 4.69) is 26.6 Å². The number of carbonyl (C=O) groups excluding carboxylic acids is 1. The molecule has 6 heteroatoms. The molecule has 1 aromatic carbocycles. The minimum absolute atomic E-state index is 0.0330. The second-order valence-corrected chi connectivity index (χ2v) is 4.64. The molecule has 0 radical (unpaired) electrons. The van der Waals surface area contributed by atoms with Gasteiger partial charge in [-0.2, -0.15) is 0 Å². The number of anilines is 1. The lowest BCUT2D eigenvalue weighted by Gasteiger charge is -2.10. The molecule has 1 amide bonds. The van der Waals surface area contributed by atoms with Crippen molar-refractivity contribution in [3.8, 4) is 0 Å². The highest BCUT2D eigenvalue weighted by Gasteiger charge is 2.08. The first kappa shape index (κ1) is 14.3. The van der Waals surface area contributed by atoms with Crippen molar-refractivity contribution in [1.82, 2.24) is 5.32 Å². The predicted octanol–water partition coefficient (Wildman–Crippen LogP) is 3.18. The maximum atomic E-state index is 13.0. The summed E-state index contributed by atoms with van der Waals surface area (Å²) in [6.07, 6.45) is 0.341. The van der Waals surface area contributed by atoms with Gasteiger partial charge in [0.1, 0.15) is 5.82 Å². The molecule has 0 aliphatic carbocycles. The van der Waals surface area contributed by atoms with Gasteiger partial charge in [-0.3, -0.25) is 4.79 Å². The Balaban J connectivity index is 2.55. The molecule has 0 fully saturated rings. The van der Waals surface area contributed by atoms with Crippen LogP contribution in [0.25, 0.3) is 0 Å². The quantitative estimate of drug-likeness (QED) is 0.874. The van der Waals surface area contributed by atoms with Crippen molar-refractivity contribution in [2.45, 2.75) is 13.3 Å². The van der Waals surface area contributed by atoms with Crippen molar-refractivity contribution < 1.29 is 9.18 Å². The molecular formula is C11H13BrClFN2O. The highest BCUT2D eigenvalue weighted by Crippen LogP contribution is 2.31. The van der Waals surface area contributed by atoms with Gasteiger partial charge in [-0.1, -0.05) is 11.6 Å². The zero-order chi connectivity index (χ0) is 12.8. The zero-order valence-corrected chi connectivity index (χ0v) is 11.7. The van der Waals surface area contributed by atoms with E-state index in [1.165, 1.54) is 12.1 Å². The van der Waals surface area contributed by atoms with Gasteiger partial charge in [0.05, 0.1) is 10.7 Å².